The second-order valence-electron chi connectivity index (χ2n) is 6.54. The Morgan fingerprint density at radius 2 is 2.00 bits per heavy atom. The third kappa shape index (κ3) is 3.24. The Bertz CT molecular complexity index is 1060. The minimum atomic E-state index is -0.412. The summed E-state index contributed by atoms with van der Waals surface area (Å²) in [5.41, 5.74) is 1.28. The van der Waals surface area contributed by atoms with E-state index in [1.807, 2.05) is 13.8 Å². The molecule has 8 heteroatoms. The van der Waals surface area contributed by atoms with Crippen LogP contribution in [0.2, 0.25) is 0 Å². The number of imidazole rings is 1. The van der Waals surface area contributed by atoms with E-state index in [1.165, 1.54) is 0 Å². The summed E-state index contributed by atoms with van der Waals surface area (Å²) in [6.07, 6.45) is 2.51. The van der Waals surface area contributed by atoms with Crippen LogP contribution in [0, 0.1) is 0 Å². The SMILES string of the molecule is CCC(C)NC(=O)c1nc(C(=O)Nc2ccc3c(c2)OCO3)c2ccccn12. The van der Waals surface area contributed by atoms with Crippen molar-refractivity contribution in [2.45, 2.75) is 26.3 Å². The average Bonchev–Trinajstić information content (AvgIpc) is 3.32. The van der Waals surface area contributed by atoms with Gasteiger partial charge in [-0.25, -0.2) is 4.98 Å². The summed E-state index contributed by atoms with van der Waals surface area (Å²) in [7, 11) is 0. The van der Waals surface area contributed by atoms with Crippen molar-refractivity contribution < 1.29 is 19.1 Å². The molecule has 4 rings (SSSR count). The van der Waals surface area contributed by atoms with Gasteiger partial charge in [0.1, 0.15) is 0 Å². The van der Waals surface area contributed by atoms with E-state index in [4.69, 9.17) is 9.47 Å². The molecule has 2 N–H and O–H groups in total. The van der Waals surface area contributed by atoms with Gasteiger partial charge in [-0.3, -0.25) is 14.0 Å². The van der Waals surface area contributed by atoms with E-state index in [2.05, 4.69) is 15.6 Å². The number of hydrogen-bond donors (Lipinski definition) is 2. The molecule has 3 aromatic rings. The summed E-state index contributed by atoms with van der Waals surface area (Å²) < 4.78 is 12.2. The third-order valence-corrected chi connectivity index (χ3v) is 4.59. The van der Waals surface area contributed by atoms with Crippen LogP contribution < -0.4 is 20.1 Å². The van der Waals surface area contributed by atoms with Crippen molar-refractivity contribution in [3.8, 4) is 11.5 Å². The lowest BCUT2D eigenvalue weighted by Crippen LogP contribution is -2.33. The van der Waals surface area contributed by atoms with Gasteiger partial charge < -0.3 is 20.1 Å². The number of hydrogen-bond acceptors (Lipinski definition) is 5. The Kier molecular flexibility index (Phi) is 4.60. The Balaban J connectivity index is 1.64. The molecule has 0 bridgehead atoms. The fraction of sp³-hybridized carbons (Fsp3) is 0.250. The molecule has 0 saturated carbocycles. The van der Waals surface area contributed by atoms with Gasteiger partial charge in [0.2, 0.25) is 12.6 Å². The lowest BCUT2D eigenvalue weighted by atomic mass is 10.2. The van der Waals surface area contributed by atoms with Crippen LogP contribution in [0.4, 0.5) is 5.69 Å². The van der Waals surface area contributed by atoms with Crippen LogP contribution in [0.15, 0.2) is 42.6 Å². The maximum absolute atomic E-state index is 12.9. The van der Waals surface area contributed by atoms with Crippen molar-refractivity contribution >= 4 is 23.0 Å². The fourth-order valence-corrected chi connectivity index (χ4v) is 2.92. The molecular weight excluding hydrogens is 360 g/mol. The molecule has 3 heterocycles. The first-order valence-electron chi connectivity index (χ1n) is 9.05. The number of benzene rings is 1. The lowest BCUT2D eigenvalue weighted by molar-refractivity contribution is 0.0928. The molecule has 0 saturated heterocycles. The zero-order valence-corrected chi connectivity index (χ0v) is 15.6. The van der Waals surface area contributed by atoms with Crippen molar-refractivity contribution in [2.75, 3.05) is 12.1 Å². The number of ether oxygens (including phenoxy) is 2. The van der Waals surface area contributed by atoms with Crippen LogP contribution in [-0.4, -0.2) is 34.0 Å². The number of nitrogens with zero attached hydrogens (tertiary/aromatic N) is 2. The van der Waals surface area contributed by atoms with Crippen molar-refractivity contribution in [3.05, 3.63) is 54.1 Å². The van der Waals surface area contributed by atoms with Gasteiger partial charge in [-0.1, -0.05) is 13.0 Å². The van der Waals surface area contributed by atoms with E-state index in [9.17, 15) is 9.59 Å². The maximum Gasteiger partial charge on any atom is 0.287 e. The zero-order chi connectivity index (χ0) is 19.7. The van der Waals surface area contributed by atoms with E-state index < -0.39 is 5.91 Å². The molecule has 2 amide bonds. The standard InChI is InChI=1S/C20H20N4O4/c1-3-12(2)21-20(26)18-23-17(14-6-4-5-9-24(14)18)19(25)22-13-7-8-15-16(10-13)28-11-27-15/h4-10,12H,3,11H2,1-2H3,(H,21,26)(H,22,25). The van der Waals surface area contributed by atoms with Gasteiger partial charge in [0.25, 0.3) is 11.8 Å². The highest BCUT2D eigenvalue weighted by molar-refractivity contribution is 6.09. The molecule has 8 nitrogen and oxygen atoms in total. The number of rotatable bonds is 5. The molecule has 0 spiro atoms. The molecule has 0 fully saturated rings. The van der Waals surface area contributed by atoms with Gasteiger partial charge in [0.15, 0.2) is 17.2 Å². The van der Waals surface area contributed by atoms with E-state index >= 15 is 0 Å². The predicted molar refractivity (Wildman–Crippen MR) is 103 cm³/mol. The molecule has 1 aliphatic rings. The Morgan fingerprint density at radius 1 is 1.18 bits per heavy atom. The Hall–Kier alpha value is -3.55. The van der Waals surface area contributed by atoms with E-state index in [1.54, 1.807) is 47.0 Å². The number of fused-ring (bicyclic) bond motifs is 2. The number of pyridine rings is 1. The van der Waals surface area contributed by atoms with Gasteiger partial charge in [-0.05, 0) is 37.6 Å². The molecule has 2 aromatic heterocycles. The number of anilines is 1. The van der Waals surface area contributed by atoms with Crippen molar-refractivity contribution in [1.29, 1.82) is 0 Å². The molecular formula is C20H20N4O4. The van der Waals surface area contributed by atoms with Crippen LogP contribution in [0.25, 0.3) is 5.52 Å². The predicted octanol–water partition coefficient (Wildman–Crippen LogP) is 2.84. The first-order valence-corrected chi connectivity index (χ1v) is 9.05. The summed E-state index contributed by atoms with van der Waals surface area (Å²) in [4.78, 5) is 29.8. The average molecular weight is 380 g/mol. The summed E-state index contributed by atoms with van der Waals surface area (Å²) in [5, 5.41) is 5.69. The first kappa shape index (κ1) is 17.8. The lowest BCUT2D eigenvalue weighted by Gasteiger charge is -2.10. The van der Waals surface area contributed by atoms with Gasteiger partial charge in [0, 0.05) is 24.0 Å². The Labute approximate surface area is 161 Å². The van der Waals surface area contributed by atoms with Crippen LogP contribution >= 0.6 is 0 Å². The topological polar surface area (TPSA) is 94.0 Å². The van der Waals surface area contributed by atoms with E-state index in [0.29, 0.717) is 22.7 Å². The molecule has 0 radical (unpaired) electrons. The molecule has 0 aliphatic carbocycles. The molecule has 1 unspecified atom stereocenters. The van der Waals surface area contributed by atoms with Gasteiger partial charge in [-0.2, -0.15) is 0 Å². The highest BCUT2D eigenvalue weighted by atomic mass is 16.7. The van der Waals surface area contributed by atoms with Crippen molar-refractivity contribution in [3.63, 3.8) is 0 Å². The summed E-state index contributed by atoms with van der Waals surface area (Å²) in [6.45, 7) is 4.06. The van der Waals surface area contributed by atoms with Gasteiger partial charge in [0.05, 0.1) is 5.52 Å². The number of aromatic nitrogens is 2. The minimum Gasteiger partial charge on any atom is -0.454 e. The Morgan fingerprint density at radius 3 is 2.82 bits per heavy atom. The third-order valence-electron chi connectivity index (χ3n) is 4.59. The zero-order valence-electron chi connectivity index (χ0n) is 15.6. The number of carbonyl (C=O) groups excluding carboxylic acids is 2. The van der Waals surface area contributed by atoms with E-state index in [-0.39, 0.29) is 30.3 Å². The maximum atomic E-state index is 12.9. The second kappa shape index (κ2) is 7.22. The summed E-state index contributed by atoms with van der Waals surface area (Å²) in [5.74, 6) is 0.644. The monoisotopic (exact) mass is 380 g/mol. The van der Waals surface area contributed by atoms with Crippen molar-refractivity contribution in [1.82, 2.24) is 14.7 Å². The molecule has 28 heavy (non-hydrogen) atoms. The highest BCUT2D eigenvalue weighted by Crippen LogP contribution is 2.34. The summed E-state index contributed by atoms with van der Waals surface area (Å²) in [6, 6.07) is 10.5. The molecule has 1 atom stereocenters. The van der Waals surface area contributed by atoms with Crippen LogP contribution in [0.3, 0.4) is 0 Å². The largest absolute Gasteiger partial charge is 0.454 e. The second-order valence-corrected chi connectivity index (χ2v) is 6.54. The van der Waals surface area contributed by atoms with Crippen LogP contribution in [-0.2, 0) is 0 Å². The van der Waals surface area contributed by atoms with Gasteiger partial charge >= 0.3 is 0 Å². The first-order chi connectivity index (χ1) is 13.6. The number of amides is 2. The highest BCUT2D eigenvalue weighted by Gasteiger charge is 2.23. The number of carbonyl (C=O) groups is 2. The van der Waals surface area contributed by atoms with Crippen LogP contribution in [0.5, 0.6) is 11.5 Å². The quantitative estimate of drug-likeness (QED) is 0.710. The normalized spacial score (nSPS) is 13.4. The smallest absolute Gasteiger partial charge is 0.287 e. The van der Waals surface area contributed by atoms with E-state index in [0.717, 1.165) is 6.42 Å². The van der Waals surface area contributed by atoms with Crippen LogP contribution in [0.1, 0.15) is 41.4 Å². The molecule has 1 aliphatic heterocycles. The fourth-order valence-electron chi connectivity index (χ4n) is 2.92. The number of nitrogens with one attached hydrogen (secondary N) is 2. The molecule has 144 valence electrons. The molecule has 1 aromatic carbocycles. The van der Waals surface area contributed by atoms with Gasteiger partial charge in [-0.15, -0.1) is 0 Å². The minimum absolute atomic E-state index is 0.00877. The van der Waals surface area contributed by atoms with Crippen molar-refractivity contribution in [2.24, 2.45) is 0 Å². The summed E-state index contributed by atoms with van der Waals surface area (Å²) >= 11 is 0.